The molecule has 0 bridgehead atoms. The first-order valence-corrected chi connectivity index (χ1v) is 7.22. The van der Waals surface area contributed by atoms with E-state index in [2.05, 4.69) is 26.8 Å². The van der Waals surface area contributed by atoms with Crippen molar-refractivity contribution in [2.24, 2.45) is 13.0 Å². The van der Waals surface area contributed by atoms with E-state index in [1.165, 1.54) is 51.0 Å². The molecule has 0 atom stereocenters. The zero-order valence-corrected chi connectivity index (χ0v) is 11.3. The topological polar surface area (TPSA) is 33.1 Å². The number of hydrogen-bond donors (Lipinski definition) is 1. The number of hydrogen-bond acceptors (Lipinski definition) is 3. The number of nitrogens with one attached hydrogen (secondary N) is 1. The van der Waals surface area contributed by atoms with Crippen LogP contribution in [0.3, 0.4) is 0 Å². The Balaban J connectivity index is 1.40. The molecule has 0 unspecified atom stereocenters. The first-order chi connectivity index (χ1) is 8.81. The monoisotopic (exact) mass is 248 g/mol. The molecule has 1 aromatic heterocycles. The molecule has 1 N–H and O–H groups in total. The van der Waals surface area contributed by atoms with Crippen LogP contribution < -0.4 is 5.32 Å². The molecule has 1 aliphatic carbocycles. The summed E-state index contributed by atoms with van der Waals surface area (Å²) in [7, 11) is 2.08. The average molecular weight is 248 g/mol. The largest absolute Gasteiger partial charge is 0.337 e. The molecule has 0 radical (unpaired) electrons. The highest BCUT2D eigenvalue weighted by molar-refractivity contribution is 4.98. The first-order valence-electron chi connectivity index (χ1n) is 7.22. The van der Waals surface area contributed by atoms with Crippen LogP contribution in [-0.2, 0) is 13.6 Å². The van der Waals surface area contributed by atoms with Crippen molar-refractivity contribution in [2.45, 2.75) is 38.3 Å². The van der Waals surface area contributed by atoms with Gasteiger partial charge in [0.05, 0.1) is 12.0 Å². The quantitative estimate of drug-likeness (QED) is 0.854. The van der Waals surface area contributed by atoms with E-state index in [4.69, 9.17) is 0 Å². The van der Waals surface area contributed by atoms with Crippen LogP contribution in [0.15, 0.2) is 12.5 Å². The molecular formula is C14H24N4. The maximum absolute atomic E-state index is 4.18. The van der Waals surface area contributed by atoms with E-state index in [1.54, 1.807) is 0 Å². The van der Waals surface area contributed by atoms with Gasteiger partial charge < -0.3 is 9.88 Å². The van der Waals surface area contributed by atoms with Gasteiger partial charge >= 0.3 is 0 Å². The molecule has 0 aromatic carbocycles. The molecule has 18 heavy (non-hydrogen) atoms. The molecule has 1 saturated heterocycles. The number of aryl methyl sites for hydroxylation is 1. The van der Waals surface area contributed by atoms with Crippen LogP contribution in [0.25, 0.3) is 0 Å². The predicted octanol–water partition coefficient (Wildman–Crippen LogP) is 1.38. The normalized spacial score (nSPS) is 22.5. The summed E-state index contributed by atoms with van der Waals surface area (Å²) in [5, 5.41) is 3.73. The number of rotatable bonds is 5. The Morgan fingerprint density at radius 2 is 2.06 bits per heavy atom. The second kappa shape index (κ2) is 5.41. The highest BCUT2D eigenvalue weighted by atomic mass is 15.2. The third-order valence-electron chi connectivity index (χ3n) is 4.28. The molecule has 2 fully saturated rings. The van der Waals surface area contributed by atoms with Crippen molar-refractivity contribution >= 4 is 0 Å². The molecule has 2 aliphatic rings. The van der Waals surface area contributed by atoms with Crippen LogP contribution in [0.1, 0.15) is 31.4 Å². The molecule has 0 amide bonds. The van der Waals surface area contributed by atoms with E-state index < -0.39 is 0 Å². The summed E-state index contributed by atoms with van der Waals surface area (Å²) in [6.45, 7) is 4.74. The fraction of sp³-hybridized carbons (Fsp3) is 0.786. The predicted molar refractivity (Wildman–Crippen MR) is 72.2 cm³/mol. The molecular weight excluding hydrogens is 224 g/mol. The van der Waals surface area contributed by atoms with Crippen LogP contribution >= 0.6 is 0 Å². The Labute approximate surface area is 109 Å². The summed E-state index contributed by atoms with van der Waals surface area (Å²) in [5.74, 6) is 0.998. The highest BCUT2D eigenvalue weighted by Gasteiger charge is 2.24. The van der Waals surface area contributed by atoms with Crippen molar-refractivity contribution in [1.29, 1.82) is 0 Å². The SMILES string of the molecule is Cn1cncc1CN1CCC(NCC2CC2)CC1. The number of aromatic nitrogens is 2. The van der Waals surface area contributed by atoms with Crippen molar-refractivity contribution in [3.8, 4) is 0 Å². The number of nitrogens with zero attached hydrogens (tertiary/aromatic N) is 3. The van der Waals surface area contributed by atoms with Crippen molar-refractivity contribution in [3.05, 3.63) is 18.2 Å². The molecule has 1 aromatic rings. The van der Waals surface area contributed by atoms with Gasteiger partial charge in [0.2, 0.25) is 0 Å². The van der Waals surface area contributed by atoms with E-state index in [1.807, 2.05) is 12.5 Å². The summed E-state index contributed by atoms with van der Waals surface area (Å²) in [5.41, 5.74) is 1.32. The van der Waals surface area contributed by atoms with E-state index in [9.17, 15) is 0 Å². The fourth-order valence-electron chi connectivity index (χ4n) is 2.72. The third kappa shape index (κ3) is 3.12. The number of likely N-dealkylation sites (tertiary alicyclic amines) is 1. The third-order valence-corrected chi connectivity index (χ3v) is 4.28. The smallest absolute Gasteiger partial charge is 0.0945 e. The summed E-state index contributed by atoms with van der Waals surface area (Å²) in [6, 6.07) is 0.758. The van der Waals surface area contributed by atoms with Crippen molar-refractivity contribution in [2.75, 3.05) is 19.6 Å². The minimum Gasteiger partial charge on any atom is -0.337 e. The lowest BCUT2D eigenvalue weighted by molar-refractivity contribution is 0.187. The van der Waals surface area contributed by atoms with Crippen molar-refractivity contribution in [3.63, 3.8) is 0 Å². The van der Waals surface area contributed by atoms with Gasteiger partial charge in [0.15, 0.2) is 0 Å². The van der Waals surface area contributed by atoms with E-state index in [0.29, 0.717) is 0 Å². The maximum atomic E-state index is 4.18. The minimum atomic E-state index is 0.758. The molecule has 0 spiro atoms. The summed E-state index contributed by atoms with van der Waals surface area (Å²) >= 11 is 0. The van der Waals surface area contributed by atoms with Crippen LogP contribution in [0.2, 0.25) is 0 Å². The highest BCUT2D eigenvalue weighted by Crippen LogP contribution is 2.28. The van der Waals surface area contributed by atoms with Gasteiger partial charge in [-0.3, -0.25) is 4.90 Å². The second-order valence-electron chi connectivity index (χ2n) is 5.90. The number of piperidine rings is 1. The Bertz CT molecular complexity index is 375. The Hall–Kier alpha value is -0.870. The molecule has 3 rings (SSSR count). The minimum absolute atomic E-state index is 0.758. The van der Waals surface area contributed by atoms with Gasteiger partial charge in [0.25, 0.3) is 0 Å². The average Bonchev–Trinajstić information content (AvgIpc) is 3.13. The fourth-order valence-corrected chi connectivity index (χ4v) is 2.72. The van der Waals surface area contributed by atoms with Crippen LogP contribution in [-0.4, -0.2) is 40.1 Å². The van der Waals surface area contributed by atoms with Gasteiger partial charge in [-0.05, 0) is 38.1 Å². The van der Waals surface area contributed by atoms with Gasteiger partial charge in [0, 0.05) is 38.9 Å². The number of imidazole rings is 1. The molecule has 4 nitrogen and oxygen atoms in total. The Kier molecular flexibility index (Phi) is 3.66. The van der Waals surface area contributed by atoms with Gasteiger partial charge in [-0.2, -0.15) is 0 Å². The molecule has 2 heterocycles. The van der Waals surface area contributed by atoms with Gasteiger partial charge in [-0.25, -0.2) is 4.98 Å². The van der Waals surface area contributed by atoms with Crippen LogP contribution in [0, 0.1) is 5.92 Å². The Morgan fingerprint density at radius 1 is 1.28 bits per heavy atom. The van der Waals surface area contributed by atoms with Crippen LogP contribution in [0.4, 0.5) is 0 Å². The van der Waals surface area contributed by atoms with Gasteiger partial charge in [-0.1, -0.05) is 0 Å². The van der Waals surface area contributed by atoms with E-state index in [-0.39, 0.29) is 0 Å². The molecule has 1 aliphatic heterocycles. The van der Waals surface area contributed by atoms with E-state index >= 15 is 0 Å². The summed E-state index contributed by atoms with van der Waals surface area (Å²) in [4.78, 5) is 6.73. The van der Waals surface area contributed by atoms with Gasteiger partial charge in [-0.15, -0.1) is 0 Å². The summed E-state index contributed by atoms with van der Waals surface area (Å²) < 4.78 is 2.12. The van der Waals surface area contributed by atoms with Crippen molar-refractivity contribution < 1.29 is 0 Å². The zero-order valence-electron chi connectivity index (χ0n) is 11.3. The lowest BCUT2D eigenvalue weighted by Crippen LogP contribution is -2.42. The first kappa shape index (κ1) is 12.2. The lowest BCUT2D eigenvalue weighted by Gasteiger charge is -2.32. The maximum Gasteiger partial charge on any atom is 0.0945 e. The van der Waals surface area contributed by atoms with E-state index in [0.717, 1.165) is 18.5 Å². The summed E-state index contributed by atoms with van der Waals surface area (Å²) in [6.07, 6.45) is 9.37. The molecule has 4 heteroatoms. The lowest BCUT2D eigenvalue weighted by atomic mass is 10.0. The van der Waals surface area contributed by atoms with Gasteiger partial charge in [0.1, 0.15) is 0 Å². The van der Waals surface area contributed by atoms with Crippen LogP contribution in [0.5, 0.6) is 0 Å². The molecule has 100 valence electrons. The molecule has 1 saturated carbocycles. The van der Waals surface area contributed by atoms with Crippen molar-refractivity contribution in [1.82, 2.24) is 19.8 Å². The Morgan fingerprint density at radius 3 is 2.67 bits per heavy atom. The zero-order chi connectivity index (χ0) is 12.4. The second-order valence-corrected chi connectivity index (χ2v) is 5.90. The standard InChI is InChI=1S/C14H24N4/c1-17-11-15-9-14(17)10-18-6-4-13(5-7-18)16-8-12-2-3-12/h9,11-13,16H,2-8,10H2,1H3.